The number of amides is 2. The number of fused-ring (bicyclic) bond motifs is 1. The van der Waals surface area contributed by atoms with E-state index in [1.807, 2.05) is 36.7 Å². The molecule has 2 aromatic heterocycles. The molecule has 6 heteroatoms. The number of phenols is 1. The fourth-order valence-corrected chi connectivity index (χ4v) is 2.69. The molecule has 6 nitrogen and oxygen atoms in total. The van der Waals surface area contributed by atoms with Crippen molar-refractivity contribution in [2.24, 2.45) is 0 Å². The Labute approximate surface area is 146 Å². The Morgan fingerprint density at radius 1 is 1.24 bits per heavy atom. The van der Waals surface area contributed by atoms with Crippen LogP contribution < -0.4 is 10.6 Å². The van der Waals surface area contributed by atoms with Crippen molar-refractivity contribution in [3.8, 4) is 5.75 Å². The SMILES string of the molecule is CCNC(=O)Nc1cc(CCc2cn3ccc(C)cc3n2)ccc1O. The molecule has 0 spiro atoms. The zero-order valence-corrected chi connectivity index (χ0v) is 14.4. The van der Waals surface area contributed by atoms with Crippen LogP contribution in [-0.4, -0.2) is 27.1 Å². The lowest BCUT2D eigenvalue weighted by Crippen LogP contribution is -2.28. The lowest BCUT2D eigenvalue weighted by atomic mass is 10.1. The first-order chi connectivity index (χ1) is 12.0. The van der Waals surface area contributed by atoms with Crippen LogP contribution in [0.3, 0.4) is 0 Å². The minimum Gasteiger partial charge on any atom is -0.506 e. The molecule has 3 rings (SSSR count). The molecular formula is C19H22N4O2. The van der Waals surface area contributed by atoms with Gasteiger partial charge in [-0.15, -0.1) is 0 Å². The molecule has 130 valence electrons. The molecule has 25 heavy (non-hydrogen) atoms. The number of nitrogens with one attached hydrogen (secondary N) is 2. The monoisotopic (exact) mass is 338 g/mol. The molecule has 0 atom stereocenters. The number of urea groups is 1. The van der Waals surface area contributed by atoms with Crippen LogP contribution in [-0.2, 0) is 12.8 Å². The predicted octanol–water partition coefficient (Wildman–Crippen LogP) is 3.27. The summed E-state index contributed by atoms with van der Waals surface area (Å²) >= 11 is 0. The number of phenolic OH excluding ortho intramolecular Hbond substituents is 1. The highest BCUT2D eigenvalue weighted by Gasteiger charge is 2.08. The van der Waals surface area contributed by atoms with E-state index >= 15 is 0 Å². The molecule has 3 N–H and O–H groups in total. The average molecular weight is 338 g/mol. The number of rotatable bonds is 5. The molecule has 0 aliphatic carbocycles. The molecule has 0 saturated carbocycles. The Kier molecular flexibility index (Phi) is 4.88. The first-order valence-corrected chi connectivity index (χ1v) is 8.36. The molecule has 0 bridgehead atoms. The van der Waals surface area contributed by atoms with Crippen molar-refractivity contribution in [1.29, 1.82) is 0 Å². The third-order valence-corrected chi connectivity index (χ3v) is 3.98. The molecule has 0 unspecified atom stereocenters. The quantitative estimate of drug-likeness (QED) is 0.625. The van der Waals surface area contributed by atoms with Crippen LogP contribution in [0, 0.1) is 6.92 Å². The van der Waals surface area contributed by atoms with E-state index in [1.165, 1.54) is 5.56 Å². The lowest BCUT2D eigenvalue weighted by Gasteiger charge is -2.09. The number of nitrogens with zero attached hydrogens (tertiary/aromatic N) is 2. The van der Waals surface area contributed by atoms with E-state index in [-0.39, 0.29) is 11.8 Å². The van der Waals surface area contributed by atoms with E-state index in [9.17, 15) is 9.90 Å². The summed E-state index contributed by atoms with van der Waals surface area (Å²) in [6.07, 6.45) is 5.60. The molecule has 1 aromatic carbocycles. The second kappa shape index (κ2) is 7.25. The number of carbonyl (C=O) groups is 1. The van der Waals surface area contributed by atoms with Crippen molar-refractivity contribution in [2.45, 2.75) is 26.7 Å². The van der Waals surface area contributed by atoms with E-state index in [2.05, 4.69) is 27.8 Å². The fourth-order valence-electron chi connectivity index (χ4n) is 2.69. The van der Waals surface area contributed by atoms with Crippen molar-refractivity contribution < 1.29 is 9.90 Å². The van der Waals surface area contributed by atoms with Crippen molar-refractivity contribution >= 4 is 17.4 Å². The highest BCUT2D eigenvalue weighted by molar-refractivity contribution is 5.90. The van der Waals surface area contributed by atoms with Crippen molar-refractivity contribution in [3.05, 3.63) is 59.5 Å². The topological polar surface area (TPSA) is 78.7 Å². The highest BCUT2D eigenvalue weighted by Crippen LogP contribution is 2.25. The van der Waals surface area contributed by atoms with E-state index in [4.69, 9.17) is 0 Å². The Morgan fingerprint density at radius 3 is 2.88 bits per heavy atom. The molecular weight excluding hydrogens is 316 g/mol. The third-order valence-electron chi connectivity index (χ3n) is 3.98. The number of hydrogen-bond donors (Lipinski definition) is 3. The Bertz CT molecular complexity index is 902. The second-order valence-corrected chi connectivity index (χ2v) is 6.04. The summed E-state index contributed by atoms with van der Waals surface area (Å²) in [6.45, 7) is 4.42. The Balaban J connectivity index is 1.70. The van der Waals surface area contributed by atoms with Crippen LogP contribution in [0.15, 0.2) is 42.7 Å². The van der Waals surface area contributed by atoms with Gasteiger partial charge in [-0.05, 0) is 62.1 Å². The second-order valence-electron chi connectivity index (χ2n) is 6.04. The summed E-state index contributed by atoms with van der Waals surface area (Å²) in [5.41, 5.74) is 4.58. The smallest absolute Gasteiger partial charge is 0.319 e. The molecule has 0 aliphatic heterocycles. The summed E-state index contributed by atoms with van der Waals surface area (Å²) in [6, 6.07) is 9.04. The van der Waals surface area contributed by atoms with Crippen LogP contribution >= 0.6 is 0 Å². The minimum absolute atomic E-state index is 0.0539. The Hall–Kier alpha value is -3.02. The number of benzene rings is 1. The number of aryl methyl sites for hydroxylation is 3. The standard InChI is InChI=1S/C19H22N4O2/c1-3-20-19(25)22-16-11-14(5-7-17(16)24)4-6-15-12-23-9-8-13(2)10-18(23)21-15/h5,7-12,24H,3-4,6H2,1-2H3,(H2,20,22,25). The number of aromatic hydroxyl groups is 1. The normalized spacial score (nSPS) is 10.8. The van der Waals surface area contributed by atoms with Gasteiger partial charge in [-0.25, -0.2) is 9.78 Å². The summed E-state index contributed by atoms with van der Waals surface area (Å²) in [5, 5.41) is 15.2. The van der Waals surface area contributed by atoms with E-state index in [0.717, 1.165) is 29.7 Å². The van der Waals surface area contributed by atoms with Gasteiger partial charge in [-0.2, -0.15) is 0 Å². The maximum atomic E-state index is 11.6. The van der Waals surface area contributed by atoms with Gasteiger partial charge in [0, 0.05) is 18.9 Å². The minimum atomic E-state index is -0.328. The summed E-state index contributed by atoms with van der Waals surface area (Å²) < 4.78 is 2.02. The van der Waals surface area contributed by atoms with Crippen LogP contribution in [0.5, 0.6) is 5.75 Å². The average Bonchev–Trinajstić information content (AvgIpc) is 2.97. The summed E-state index contributed by atoms with van der Waals surface area (Å²) in [7, 11) is 0. The van der Waals surface area contributed by atoms with Crippen LogP contribution in [0.4, 0.5) is 10.5 Å². The van der Waals surface area contributed by atoms with E-state index in [1.54, 1.807) is 12.1 Å². The van der Waals surface area contributed by atoms with Gasteiger partial charge < -0.3 is 20.1 Å². The largest absolute Gasteiger partial charge is 0.506 e. The zero-order chi connectivity index (χ0) is 17.8. The number of carbonyl (C=O) groups excluding carboxylic acids is 1. The van der Waals surface area contributed by atoms with E-state index in [0.29, 0.717) is 12.2 Å². The molecule has 0 fully saturated rings. The molecule has 0 radical (unpaired) electrons. The van der Waals surface area contributed by atoms with Crippen molar-refractivity contribution in [3.63, 3.8) is 0 Å². The zero-order valence-electron chi connectivity index (χ0n) is 14.4. The van der Waals surface area contributed by atoms with Gasteiger partial charge >= 0.3 is 6.03 Å². The summed E-state index contributed by atoms with van der Waals surface area (Å²) in [4.78, 5) is 16.3. The van der Waals surface area contributed by atoms with Gasteiger partial charge in [0.05, 0.1) is 11.4 Å². The van der Waals surface area contributed by atoms with Gasteiger partial charge in [0.25, 0.3) is 0 Å². The maximum Gasteiger partial charge on any atom is 0.319 e. The Morgan fingerprint density at radius 2 is 2.08 bits per heavy atom. The number of aromatic nitrogens is 2. The molecule has 2 heterocycles. The number of anilines is 1. The van der Waals surface area contributed by atoms with Crippen molar-refractivity contribution in [2.75, 3.05) is 11.9 Å². The molecule has 3 aromatic rings. The lowest BCUT2D eigenvalue weighted by molar-refractivity contribution is 0.252. The molecule has 2 amide bonds. The predicted molar refractivity (Wildman–Crippen MR) is 98.1 cm³/mol. The maximum absolute atomic E-state index is 11.6. The van der Waals surface area contributed by atoms with Gasteiger partial charge in [-0.1, -0.05) is 6.07 Å². The molecule has 0 saturated heterocycles. The van der Waals surface area contributed by atoms with Gasteiger partial charge in [-0.3, -0.25) is 0 Å². The van der Waals surface area contributed by atoms with Gasteiger partial charge in [0.2, 0.25) is 0 Å². The molecule has 0 aliphatic rings. The van der Waals surface area contributed by atoms with Gasteiger partial charge in [0.15, 0.2) is 0 Å². The number of pyridine rings is 1. The highest BCUT2D eigenvalue weighted by atomic mass is 16.3. The number of hydrogen-bond acceptors (Lipinski definition) is 3. The first kappa shape index (κ1) is 16.8. The van der Waals surface area contributed by atoms with Crippen LogP contribution in [0.1, 0.15) is 23.7 Å². The third kappa shape index (κ3) is 4.09. The summed E-state index contributed by atoms with van der Waals surface area (Å²) in [5.74, 6) is 0.0539. The van der Waals surface area contributed by atoms with Crippen molar-refractivity contribution in [1.82, 2.24) is 14.7 Å². The van der Waals surface area contributed by atoms with E-state index < -0.39 is 0 Å². The fraction of sp³-hybridized carbons (Fsp3) is 0.263. The van der Waals surface area contributed by atoms with Gasteiger partial charge in [0.1, 0.15) is 11.4 Å². The van der Waals surface area contributed by atoms with Crippen LogP contribution in [0.2, 0.25) is 0 Å². The number of imidazole rings is 1. The van der Waals surface area contributed by atoms with Crippen LogP contribution in [0.25, 0.3) is 5.65 Å². The first-order valence-electron chi connectivity index (χ1n) is 8.36.